The lowest BCUT2D eigenvalue weighted by Crippen LogP contribution is -2.22. The van der Waals surface area contributed by atoms with Gasteiger partial charge in [0.05, 0.1) is 30.4 Å². The maximum Gasteiger partial charge on any atom is 0.347 e. The highest BCUT2D eigenvalue weighted by Gasteiger charge is 2.21. The normalized spacial score (nSPS) is 11.9. The van der Waals surface area contributed by atoms with Crippen LogP contribution in [0.4, 0.5) is 0 Å². The minimum atomic E-state index is -0.796. The van der Waals surface area contributed by atoms with Gasteiger partial charge in [-0.15, -0.1) is 0 Å². The van der Waals surface area contributed by atoms with Gasteiger partial charge in [0.15, 0.2) is 5.57 Å². The fraction of sp³-hybridized carbons (Fsp3) is 0.154. The number of aromatic amines is 1. The Bertz CT molecular complexity index is 1650. The van der Waals surface area contributed by atoms with E-state index in [4.69, 9.17) is 14.5 Å². The third-order valence-electron chi connectivity index (χ3n) is 5.48. The number of H-pyrrole nitrogens is 1. The van der Waals surface area contributed by atoms with Crippen molar-refractivity contribution in [3.63, 3.8) is 0 Å². The van der Waals surface area contributed by atoms with Crippen molar-refractivity contribution in [3.05, 3.63) is 78.1 Å². The first kappa shape index (κ1) is 21.4. The quantitative estimate of drug-likeness (QED) is 0.108. The number of nitrogens with one attached hydrogen (secondary N) is 1. The van der Waals surface area contributed by atoms with E-state index < -0.39 is 11.9 Å². The van der Waals surface area contributed by atoms with Crippen LogP contribution >= 0.6 is 0 Å². The van der Waals surface area contributed by atoms with Gasteiger partial charge in [-0.05, 0) is 43.5 Å². The van der Waals surface area contributed by atoms with Gasteiger partial charge in [-0.3, -0.25) is 4.40 Å². The van der Waals surface area contributed by atoms with Crippen molar-refractivity contribution in [2.24, 2.45) is 4.99 Å². The van der Waals surface area contributed by atoms with Crippen LogP contribution in [0.5, 0.6) is 0 Å². The van der Waals surface area contributed by atoms with E-state index in [0.29, 0.717) is 11.1 Å². The molecule has 1 N–H and O–H groups in total. The van der Waals surface area contributed by atoms with E-state index in [2.05, 4.69) is 9.98 Å². The molecular formula is C26H22N4O4. The smallest absolute Gasteiger partial charge is 0.347 e. The predicted molar refractivity (Wildman–Crippen MR) is 129 cm³/mol. The van der Waals surface area contributed by atoms with Crippen molar-refractivity contribution in [1.29, 1.82) is 0 Å². The number of hydrogen-bond acceptors (Lipinski definition) is 6. The van der Waals surface area contributed by atoms with Crippen LogP contribution in [0.2, 0.25) is 0 Å². The lowest BCUT2D eigenvalue weighted by atomic mass is 10.1. The molecule has 0 aliphatic rings. The Labute approximate surface area is 194 Å². The molecule has 5 rings (SSSR count). The first-order valence-corrected chi connectivity index (χ1v) is 11.0. The molecule has 170 valence electrons. The summed E-state index contributed by atoms with van der Waals surface area (Å²) in [5.41, 5.74) is 3.38. The van der Waals surface area contributed by atoms with E-state index in [1.807, 2.05) is 65.1 Å². The van der Waals surface area contributed by atoms with Gasteiger partial charge in [0.1, 0.15) is 5.65 Å². The average molecular weight is 454 g/mol. The number of carbonyl (C=O) groups is 2. The summed E-state index contributed by atoms with van der Waals surface area (Å²) in [6.45, 7) is 3.57. The molecule has 0 spiro atoms. The summed E-state index contributed by atoms with van der Waals surface area (Å²) >= 11 is 0. The minimum absolute atomic E-state index is 0.122. The molecule has 2 aromatic heterocycles. The maximum absolute atomic E-state index is 12.4. The van der Waals surface area contributed by atoms with Crippen LogP contribution in [0.15, 0.2) is 77.4 Å². The fourth-order valence-electron chi connectivity index (χ4n) is 4.06. The molecule has 8 heteroatoms. The van der Waals surface area contributed by atoms with Crippen molar-refractivity contribution in [3.8, 4) is 0 Å². The van der Waals surface area contributed by atoms with Gasteiger partial charge in [0.2, 0.25) is 5.62 Å². The van der Waals surface area contributed by atoms with Gasteiger partial charge in [-0.1, -0.05) is 36.4 Å². The molecule has 3 aromatic carbocycles. The van der Waals surface area contributed by atoms with Gasteiger partial charge < -0.3 is 14.5 Å². The van der Waals surface area contributed by atoms with Crippen molar-refractivity contribution in [1.82, 2.24) is 14.4 Å². The van der Waals surface area contributed by atoms with Crippen LogP contribution < -0.4 is 5.62 Å². The van der Waals surface area contributed by atoms with Crippen molar-refractivity contribution >= 4 is 50.3 Å². The molecule has 0 amide bonds. The highest BCUT2D eigenvalue weighted by Crippen LogP contribution is 2.27. The number of esters is 2. The monoisotopic (exact) mass is 454 g/mol. The third kappa shape index (κ3) is 3.59. The second kappa shape index (κ2) is 8.82. The number of para-hydroxylation sites is 1. The zero-order valence-electron chi connectivity index (χ0n) is 18.7. The second-order valence-corrected chi connectivity index (χ2v) is 7.53. The summed E-state index contributed by atoms with van der Waals surface area (Å²) in [6.07, 6.45) is 1.17. The summed E-state index contributed by atoms with van der Waals surface area (Å²) in [6, 6.07) is 19.8. The Kier molecular flexibility index (Phi) is 5.55. The number of aromatic nitrogens is 3. The largest absolute Gasteiger partial charge is 0.462 e. The zero-order valence-corrected chi connectivity index (χ0v) is 18.7. The van der Waals surface area contributed by atoms with Crippen LogP contribution in [-0.2, 0) is 19.1 Å². The Morgan fingerprint density at radius 2 is 1.68 bits per heavy atom. The minimum Gasteiger partial charge on any atom is -0.462 e. The molecule has 0 bridgehead atoms. The topological polar surface area (TPSA) is 98.0 Å². The van der Waals surface area contributed by atoms with E-state index in [1.165, 1.54) is 6.20 Å². The molecule has 0 aliphatic heterocycles. The number of fused-ring (bicyclic) bond motifs is 4. The lowest BCUT2D eigenvalue weighted by Gasteiger charge is -2.13. The van der Waals surface area contributed by atoms with Gasteiger partial charge in [-0.25, -0.2) is 19.6 Å². The highest BCUT2D eigenvalue weighted by atomic mass is 16.6. The lowest BCUT2D eigenvalue weighted by molar-refractivity contribution is -0.146. The first-order chi connectivity index (χ1) is 16.6. The summed E-state index contributed by atoms with van der Waals surface area (Å²) in [5.74, 6) is -1.59. The molecule has 0 fully saturated rings. The van der Waals surface area contributed by atoms with E-state index in [-0.39, 0.29) is 18.8 Å². The standard InChI is InChI=1S/C26H22N4O4/c1-3-33-24(31)18(25(32)34-4-2)15-27-26-29-19-12-6-5-11-17(19)23-28-20-13-7-9-16-10-8-14-21(22(16)20)30(23)26/h5-15,28H,3-4H2,1-2H3. The third-order valence-corrected chi connectivity index (χ3v) is 5.48. The summed E-state index contributed by atoms with van der Waals surface area (Å²) in [4.78, 5) is 37.6. The molecule has 8 nitrogen and oxygen atoms in total. The number of nitrogens with zero attached hydrogens (tertiary/aromatic N) is 3. The van der Waals surface area contributed by atoms with Crippen molar-refractivity contribution in [2.75, 3.05) is 13.2 Å². The molecule has 34 heavy (non-hydrogen) atoms. The molecule has 0 saturated carbocycles. The van der Waals surface area contributed by atoms with Crippen molar-refractivity contribution < 1.29 is 19.1 Å². The summed E-state index contributed by atoms with van der Waals surface area (Å²) in [7, 11) is 0. The Hall–Kier alpha value is -4.46. The fourth-order valence-corrected chi connectivity index (χ4v) is 4.06. The Morgan fingerprint density at radius 1 is 0.971 bits per heavy atom. The zero-order chi connectivity index (χ0) is 23.7. The number of rotatable bonds is 5. The SMILES string of the molecule is CCOC(=O)C(=CN=c1nc2ccccc2c2[nH]c3cccc4cccc(c43)n12)C(=O)OCC. The van der Waals surface area contributed by atoms with Gasteiger partial charge in [0.25, 0.3) is 0 Å². The number of hydrogen-bond donors (Lipinski definition) is 1. The first-order valence-electron chi connectivity index (χ1n) is 11.0. The van der Waals surface area contributed by atoms with Crippen LogP contribution in [-0.4, -0.2) is 39.5 Å². The molecule has 0 radical (unpaired) electrons. The maximum atomic E-state index is 12.4. The van der Waals surface area contributed by atoms with E-state index in [1.54, 1.807) is 13.8 Å². The Morgan fingerprint density at radius 3 is 2.41 bits per heavy atom. The molecule has 0 unspecified atom stereocenters. The molecular weight excluding hydrogens is 432 g/mol. The molecule has 0 atom stereocenters. The van der Waals surface area contributed by atoms with Crippen LogP contribution in [0.25, 0.3) is 38.4 Å². The van der Waals surface area contributed by atoms with E-state index in [0.717, 1.165) is 32.8 Å². The van der Waals surface area contributed by atoms with Crippen LogP contribution in [0.1, 0.15) is 13.8 Å². The van der Waals surface area contributed by atoms with Crippen LogP contribution in [0.3, 0.4) is 0 Å². The summed E-state index contributed by atoms with van der Waals surface area (Å²) in [5, 5.41) is 3.00. The number of ether oxygens (including phenoxy) is 2. The molecule has 2 heterocycles. The number of carbonyl (C=O) groups excluding carboxylic acids is 2. The average Bonchev–Trinajstić information content (AvgIpc) is 2.85. The Balaban J connectivity index is 1.90. The van der Waals surface area contributed by atoms with Gasteiger partial charge in [0, 0.05) is 16.3 Å². The van der Waals surface area contributed by atoms with Gasteiger partial charge in [-0.2, -0.15) is 0 Å². The molecule has 0 aliphatic carbocycles. The van der Waals surface area contributed by atoms with Crippen LogP contribution in [0, 0.1) is 0 Å². The molecule has 0 saturated heterocycles. The molecule has 5 aromatic rings. The van der Waals surface area contributed by atoms with E-state index >= 15 is 0 Å². The van der Waals surface area contributed by atoms with E-state index in [9.17, 15) is 9.59 Å². The summed E-state index contributed by atoms with van der Waals surface area (Å²) < 4.78 is 11.9. The second-order valence-electron chi connectivity index (χ2n) is 7.53. The number of benzene rings is 3. The predicted octanol–water partition coefficient (Wildman–Crippen LogP) is 4.03. The van der Waals surface area contributed by atoms with Crippen molar-refractivity contribution in [2.45, 2.75) is 13.8 Å². The highest BCUT2D eigenvalue weighted by molar-refractivity contribution is 6.14. The van der Waals surface area contributed by atoms with Gasteiger partial charge >= 0.3 is 11.9 Å².